The van der Waals surface area contributed by atoms with Gasteiger partial charge in [0.25, 0.3) is 17.5 Å². The van der Waals surface area contributed by atoms with E-state index in [2.05, 4.69) is 10.6 Å². The van der Waals surface area contributed by atoms with Crippen molar-refractivity contribution in [3.8, 4) is 11.3 Å². The molecule has 0 aliphatic rings. The second-order valence-electron chi connectivity index (χ2n) is 7.10. The third-order valence-electron chi connectivity index (χ3n) is 4.68. The van der Waals surface area contributed by atoms with Crippen LogP contribution in [0.4, 0.5) is 5.69 Å². The van der Waals surface area contributed by atoms with Gasteiger partial charge in [0.2, 0.25) is 0 Å². The number of ether oxygens (including phenoxy) is 1. The minimum Gasteiger partial charge on any atom is -0.456 e. The van der Waals surface area contributed by atoms with Gasteiger partial charge in [0.05, 0.1) is 17.1 Å². The second kappa shape index (κ2) is 10.9. The van der Waals surface area contributed by atoms with Gasteiger partial charge in [-0.2, -0.15) is 0 Å². The number of nitro benzene ring substituents is 1. The Morgan fingerprint density at radius 2 is 1.82 bits per heavy atom. The number of carbonyl (C=O) groups excluding carboxylic acids is 2. The Hall–Kier alpha value is -4.24. The molecule has 0 unspecified atom stereocenters. The van der Waals surface area contributed by atoms with Crippen molar-refractivity contribution in [1.29, 1.82) is 0 Å². The van der Waals surface area contributed by atoms with Crippen LogP contribution in [0.15, 0.2) is 70.8 Å². The molecule has 1 heterocycles. The molecule has 0 aliphatic carbocycles. The quantitative estimate of drug-likeness (QED) is 0.222. The first-order chi connectivity index (χ1) is 15.9. The number of carbonyl (C=O) groups is 2. The number of hydrogen-bond donors (Lipinski definition) is 2. The van der Waals surface area contributed by atoms with E-state index in [0.717, 1.165) is 5.56 Å². The molecule has 3 aromatic rings. The summed E-state index contributed by atoms with van der Waals surface area (Å²) in [6, 6.07) is 16.2. The van der Waals surface area contributed by atoms with Crippen LogP contribution in [0.1, 0.15) is 21.7 Å². The summed E-state index contributed by atoms with van der Waals surface area (Å²) in [4.78, 5) is 36.2. The highest BCUT2D eigenvalue weighted by molar-refractivity contribution is 6.05. The van der Waals surface area contributed by atoms with Crippen LogP contribution in [0.5, 0.6) is 0 Å². The summed E-state index contributed by atoms with van der Waals surface area (Å²) in [6.45, 7) is 2.45. The van der Waals surface area contributed by atoms with Crippen LogP contribution in [-0.2, 0) is 9.53 Å². The van der Waals surface area contributed by atoms with Crippen LogP contribution < -0.4 is 10.6 Å². The Morgan fingerprint density at radius 3 is 2.52 bits per heavy atom. The van der Waals surface area contributed by atoms with Gasteiger partial charge in [-0.15, -0.1) is 0 Å². The minimum absolute atomic E-state index is 0.0415. The third-order valence-corrected chi connectivity index (χ3v) is 4.68. The van der Waals surface area contributed by atoms with Crippen molar-refractivity contribution in [1.82, 2.24) is 10.6 Å². The number of nitrogens with one attached hydrogen (secondary N) is 2. The van der Waals surface area contributed by atoms with Crippen molar-refractivity contribution in [2.75, 3.05) is 20.3 Å². The highest BCUT2D eigenvalue weighted by Gasteiger charge is 2.19. The summed E-state index contributed by atoms with van der Waals surface area (Å²) >= 11 is 0. The van der Waals surface area contributed by atoms with Crippen molar-refractivity contribution >= 4 is 23.6 Å². The maximum absolute atomic E-state index is 12.7. The molecule has 0 radical (unpaired) electrons. The van der Waals surface area contributed by atoms with E-state index >= 15 is 0 Å². The highest BCUT2D eigenvalue weighted by atomic mass is 16.6. The van der Waals surface area contributed by atoms with Crippen LogP contribution in [0.3, 0.4) is 0 Å². The van der Waals surface area contributed by atoms with Crippen LogP contribution in [0.25, 0.3) is 17.4 Å². The minimum atomic E-state index is -0.531. The lowest BCUT2D eigenvalue weighted by Crippen LogP contribution is -2.36. The zero-order valence-corrected chi connectivity index (χ0v) is 18.2. The van der Waals surface area contributed by atoms with Crippen molar-refractivity contribution in [3.05, 3.63) is 93.4 Å². The molecule has 170 valence electrons. The topological polar surface area (TPSA) is 124 Å². The van der Waals surface area contributed by atoms with Crippen molar-refractivity contribution in [2.45, 2.75) is 6.92 Å². The molecule has 9 heteroatoms. The lowest BCUT2D eigenvalue weighted by molar-refractivity contribution is -0.384. The molecule has 9 nitrogen and oxygen atoms in total. The standard InChI is InChI=1S/C24H23N3O6/c1-16-7-9-17(10-8-16)23(28)26-20(24(29)25-13-14-32-2)15-18-11-12-22(33-18)19-5-3-4-6-21(19)27(30)31/h3-12,15H,13-14H2,1-2H3,(H,25,29)(H,26,28)/b20-15+. The number of furan rings is 1. The molecule has 2 N–H and O–H groups in total. The van der Waals surface area contributed by atoms with E-state index in [0.29, 0.717) is 17.7 Å². The van der Waals surface area contributed by atoms with Crippen LogP contribution >= 0.6 is 0 Å². The Bertz CT molecular complexity index is 1180. The first-order valence-corrected chi connectivity index (χ1v) is 10.1. The van der Waals surface area contributed by atoms with Gasteiger partial charge in [-0.25, -0.2) is 0 Å². The molecule has 0 saturated carbocycles. The Kier molecular flexibility index (Phi) is 7.72. The van der Waals surface area contributed by atoms with Crippen LogP contribution in [0.2, 0.25) is 0 Å². The first kappa shape index (κ1) is 23.4. The summed E-state index contributed by atoms with van der Waals surface area (Å²) in [6.07, 6.45) is 1.37. The zero-order valence-electron chi connectivity index (χ0n) is 18.2. The lowest BCUT2D eigenvalue weighted by atomic mass is 10.1. The summed E-state index contributed by atoms with van der Waals surface area (Å²) in [5.41, 5.74) is 1.54. The number of aryl methyl sites for hydroxylation is 1. The van der Waals surface area contributed by atoms with Crippen molar-refractivity contribution < 1.29 is 23.7 Å². The van der Waals surface area contributed by atoms with Gasteiger partial charge in [-0.1, -0.05) is 29.8 Å². The molecule has 0 aliphatic heterocycles. The second-order valence-corrected chi connectivity index (χ2v) is 7.10. The average Bonchev–Trinajstić information content (AvgIpc) is 3.27. The van der Waals surface area contributed by atoms with E-state index in [4.69, 9.17) is 9.15 Å². The van der Waals surface area contributed by atoms with Crippen molar-refractivity contribution in [2.24, 2.45) is 0 Å². The number of para-hydroxylation sites is 1. The lowest BCUT2D eigenvalue weighted by Gasteiger charge is -2.10. The Morgan fingerprint density at radius 1 is 1.09 bits per heavy atom. The number of hydrogen-bond acceptors (Lipinski definition) is 6. The van der Waals surface area contributed by atoms with E-state index in [1.807, 2.05) is 6.92 Å². The normalized spacial score (nSPS) is 11.2. The van der Waals surface area contributed by atoms with E-state index in [1.54, 1.807) is 54.6 Å². The summed E-state index contributed by atoms with van der Waals surface area (Å²) in [5.74, 6) is -0.494. The molecular formula is C24H23N3O6. The van der Waals surface area contributed by atoms with E-state index < -0.39 is 16.7 Å². The predicted molar refractivity (Wildman–Crippen MR) is 122 cm³/mol. The molecule has 0 saturated heterocycles. The predicted octanol–water partition coefficient (Wildman–Crippen LogP) is 3.70. The van der Waals surface area contributed by atoms with Gasteiger partial charge in [0.15, 0.2) is 0 Å². The zero-order chi connectivity index (χ0) is 23.8. The van der Waals surface area contributed by atoms with E-state index in [9.17, 15) is 19.7 Å². The number of nitro groups is 1. The Labute approximate surface area is 190 Å². The Balaban J connectivity index is 1.89. The molecule has 3 rings (SSSR count). The smallest absolute Gasteiger partial charge is 0.280 e. The fraction of sp³-hybridized carbons (Fsp3) is 0.167. The van der Waals surface area contributed by atoms with Gasteiger partial charge >= 0.3 is 0 Å². The summed E-state index contributed by atoms with van der Waals surface area (Å²) in [7, 11) is 1.51. The molecule has 0 fully saturated rings. The number of methoxy groups -OCH3 is 1. The molecule has 2 amide bonds. The van der Waals surface area contributed by atoms with Crippen molar-refractivity contribution in [3.63, 3.8) is 0 Å². The monoisotopic (exact) mass is 449 g/mol. The van der Waals surface area contributed by atoms with Gasteiger partial charge < -0.3 is 19.8 Å². The van der Waals surface area contributed by atoms with Gasteiger partial charge in [-0.3, -0.25) is 19.7 Å². The largest absolute Gasteiger partial charge is 0.456 e. The van der Waals surface area contributed by atoms with E-state index in [1.165, 1.54) is 19.3 Å². The molecule has 0 spiro atoms. The number of rotatable bonds is 9. The highest BCUT2D eigenvalue weighted by Crippen LogP contribution is 2.31. The van der Waals surface area contributed by atoms with Gasteiger partial charge in [0, 0.05) is 31.4 Å². The fourth-order valence-corrected chi connectivity index (χ4v) is 2.98. The molecule has 0 atom stereocenters. The summed E-state index contributed by atoms with van der Waals surface area (Å²) in [5, 5.41) is 16.6. The molecular weight excluding hydrogens is 426 g/mol. The SMILES string of the molecule is COCCNC(=O)/C(=C\c1ccc(-c2ccccc2[N+](=O)[O-])o1)NC(=O)c1ccc(C)cc1. The molecule has 1 aromatic heterocycles. The number of benzene rings is 2. The number of amides is 2. The average molecular weight is 449 g/mol. The number of nitrogens with zero attached hydrogens (tertiary/aromatic N) is 1. The summed E-state index contributed by atoms with van der Waals surface area (Å²) < 4.78 is 10.7. The third kappa shape index (κ3) is 6.14. The van der Waals surface area contributed by atoms with E-state index in [-0.39, 0.29) is 29.4 Å². The molecule has 0 bridgehead atoms. The van der Waals surface area contributed by atoms with Gasteiger partial charge in [-0.05, 0) is 37.3 Å². The first-order valence-electron chi connectivity index (χ1n) is 10.1. The molecule has 2 aromatic carbocycles. The molecule has 33 heavy (non-hydrogen) atoms. The maximum Gasteiger partial charge on any atom is 0.280 e. The fourth-order valence-electron chi connectivity index (χ4n) is 2.98. The maximum atomic E-state index is 12.7. The van der Waals surface area contributed by atoms with Crippen LogP contribution in [-0.4, -0.2) is 37.0 Å². The van der Waals surface area contributed by atoms with Gasteiger partial charge in [0.1, 0.15) is 17.2 Å². The van der Waals surface area contributed by atoms with Crippen LogP contribution in [0, 0.1) is 17.0 Å².